The van der Waals surface area contributed by atoms with Crippen LogP contribution in [0.15, 0.2) is 47.1 Å². The molecular formula is C17H19BrN2O3. The fourth-order valence-electron chi connectivity index (χ4n) is 2.30. The van der Waals surface area contributed by atoms with Gasteiger partial charge < -0.3 is 14.2 Å². The second-order valence-corrected chi connectivity index (χ2v) is 5.97. The first-order valence-corrected chi connectivity index (χ1v) is 8.10. The van der Waals surface area contributed by atoms with Gasteiger partial charge in [-0.05, 0) is 34.5 Å². The first kappa shape index (κ1) is 17.3. The van der Waals surface area contributed by atoms with Crippen LogP contribution in [0.25, 0.3) is 0 Å². The molecule has 0 spiro atoms. The molecule has 1 heterocycles. The maximum absolute atomic E-state index is 12.9. The molecule has 0 saturated carbocycles. The van der Waals surface area contributed by atoms with E-state index >= 15 is 0 Å². The van der Waals surface area contributed by atoms with E-state index in [1.165, 1.54) is 12.0 Å². The normalized spacial score (nSPS) is 10.4. The second-order valence-electron chi connectivity index (χ2n) is 5.05. The molecule has 0 aliphatic rings. The zero-order chi connectivity index (χ0) is 16.8. The molecule has 0 N–H and O–H groups in total. The lowest BCUT2D eigenvalue weighted by Crippen LogP contribution is -2.36. The molecule has 0 aliphatic heterocycles. The summed E-state index contributed by atoms with van der Waals surface area (Å²) in [6.45, 7) is 2.90. The largest absolute Gasteiger partial charge is 0.468 e. The topological polar surface area (TPSA) is 51.5 Å². The highest BCUT2D eigenvalue weighted by Crippen LogP contribution is 2.18. The predicted molar refractivity (Wildman–Crippen MR) is 91.0 cm³/mol. The van der Waals surface area contributed by atoms with E-state index < -0.39 is 5.97 Å². The number of benzene rings is 1. The van der Waals surface area contributed by atoms with Crippen molar-refractivity contribution in [2.24, 2.45) is 0 Å². The van der Waals surface area contributed by atoms with Crippen LogP contribution in [-0.2, 0) is 22.6 Å². The van der Waals surface area contributed by atoms with Crippen molar-refractivity contribution >= 4 is 27.8 Å². The minimum absolute atomic E-state index is 0.0866. The predicted octanol–water partition coefficient (Wildman–Crippen LogP) is 3.09. The van der Waals surface area contributed by atoms with Gasteiger partial charge in [-0.2, -0.15) is 0 Å². The number of aryl methyl sites for hydroxylation is 1. The Bertz CT molecular complexity index is 682. The Morgan fingerprint density at radius 2 is 1.96 bits per heavy atom. The number of methoxy groups -OCH3 is 1. The highest BCUT2D eigenvalue weighted by Gasteiger charge is 2.22. The van der Waals surface area contributed by atoms with Gasteiger partial charge in [-0.1, -0.05) is 30.3 Å². The van der Waals surface area contributed by atoms with Crippen molar-refractivity contribution in [2.75, 3.05) is 13.7 Å². The Balaban J connectivity index is 2.28. The SMILES string of the molecule is CCn1cc(Br)cc1C(=O)N(CC(=O)OC)Cc1ccccc1. The summed E-state index contributed by atoms with van der Waals surface area (Å²) in [5, 5.41) is 0. The minimum atomic E-state index is -0.442. The van der Waals surface area contributed by atoms with E-state index in [2.05, 4.69) is 15.9 Å². The quantitative estimate of drug-likeness (QED) is 0.725. The van der Waals surface area contributed by atoms with E-state index in [4.69, 9.17) is 4.74 Å². The third-order valence-electron chi connectivity index (χ3n) is 3.47. The van der Waals surface area contributed by atoms with Gasteiger partial charge in [0.15, 0.2) is 0 Å². The molecule has 5 nitrogen and oxygen atoms in total. The average molecular weight is 379 g/mol. The summed E-state index contributed by atoms with van der Waals surface area (Å²) in [7, 11) is 1.32. The summed E-state index contributed by atoms with van der Waals surface area (Å²) < 4.78 is 7.40. The lowest BCUT2D eigenvalue weighted by molar-refractivity contribution is -0.141. The van der Waals surface area contributed by atoms with Crippen LogP contribution in [0, 0.1) is 0 Å². The Morgan fingerprint density at radius 1 is 1.26 bits per heavy atom. The van der Waals surface area contributed by atoms with Crippen LogP contribution in [0.1, 0.15) is 23.0 Å². The number of esters is 1. The fourth-order valence-corrected chi connectivity index (χ4v) is 2.77. The van der Waals surface area contributed by atoms with Gasteiger partial charge in [-0.3, -0.25) is 9.59 Å². The molecule has 2 aromatic rings. The molecule has 0 atom stereocenters. The number of ether oxygens (including phenoxy) is 1. The van der Waals surface area contributed by atoms with Gasteiger partial charge in [0.05, 0.1) is 7.11 Å². The van der Waals surface area contributed by atoms with Gasteiger partial charge in [0.2, 0.25) is 0 Å². The lowest BCUT2D eigenvalue weighted by Gasteiger charge is -2.22. The van der Waals surface area contributed by atoms with Crippen molar-refractivity contribution < 1.29 is 14.3 Å². The molecule has 0 radical (unpaired) electrons. The molecule has 23 heavy (non-hydrogen) atoms. The maximum atomic E-state index is 12.9. The number of hydrogen-bond acceptors (Lipinski definition) is 3. The summed E-state index contributed by atoms with van der Waals surface area (Å²) >= 11 is 3.39. The van der Waals surface area contributed by atoms with Crippen molar-refractivity contribution in [1.29, 1.82) is 0 Å². The van der Waals surface area contributed by atoms with Crippen LogP contribution < -0.4 is 0 Å². The number of nitrogens with zero attached hydrogens (tertiary/aromatic N) is 2. The lowest BCUT2D eigenvalue weighted by atomic mass is 10.2. The van der Waals surface area contributed by atoms with E-state index in [0.29, 0.717) is 18.8 Å². The first-order valence-electron chi connectivity index (χ1n) is 7.30. The molecule has 0 saturated heterocycles. The Morgan fingerprint density at radius 3 is 2.57 bits per heavy atom. The van der Waals surface area contributed by atoms with E-state index in [0.717, 1.165) is 10.0 Å². The molecule has 2 rings (SSSR count). The molecule has 122 valence electrons. The summed E-state index contributed by atoms with van der Waals surface area (Å²) in [6.07, 6.45) is 1.85. The second kappa shape index (κ2) is 7.97. The monoisotopic (exact) mass is 378 g/mol. The van der Waals surface area contributed by atoms with Gasteiger partial charge in [0.25, 0.3) is 5.91 Å². The summed E-state index contributed by atoms with van der Waals surface area (Å²) in [4.78, 5) is 26.0. The third kappa shape index (κ3) is 4.45. The Labute approximate surface area is 144 Å². The Kier molecular flexibility index (Phi) is 5.98. The van der Waals surface area contributed by atoms with Crippen molar-refractivity contribution in [2.45, 2.75) is 20.0 Å². The van der Waals surface area contributed by atoms with Crippen LogP contribution >= 0.6 is 15.9 Å². The van der Waals surface area contributed by atoms with E-state index in [-0.39, 0.29) is 12.5 Å². The van der Waals surface area contributed by atoms with Crippen molar-refractivity contribution in [1.82, 2.24) is 9.47 Å². The zero-order valence-corrected chi connectivity index (χ0v) is 14.7. The van der Waals surface area contributed by atoms with Crippen molar-refractivity contribution in [3.63, 3.8) is 0 Å². The van der Waals surface area contributed by atoms with Gasteiger partial charge in [0, 0.05) is 23.8 Å². The number of carbonyl (C=O) groups is 2. The summed E-state index contributed by atoms with van der Waals surface area (Å²) in [5.74, 6) is -0.644. The van der Waals surface area contributed by atoms with E-state index in [1.807, 2.05) is 48.0 Å². The van der Waals surface area contributed by atoms with Crippen LogP contribution in [0.5, 0.6) is 0 Å². The van der Waals surface area contributed by atoms with Gasteiger partial charge in [-0.25, -0.2) is 0 Å². The smallest absolute Gasteiger partial charge is 0.325 e. The summed E-state index contributed by atoms with van der Waals surface area (Å²) in [5.41, 5.74) is 1.50. The van der Waals surface area contributed by atoms with Crippen LogP contribution in [0.4, 0.5) is 0 Å². The average Bonchev–Trinajstić information content (AvgIpc) is 2.95. The molecule has 1 aromatic carbocycles. The molecule has 0 fully saturated rings. The fraction of sp³-hybridized carbons (Fsp3) is 0.294. The van der Waals surface area contributed by atoms with E-state index in [9.17, 15) is 9.59 Å². The molecule has 6 heteroatoms. The van der Waals surface area contributed by atoms with E-state index in [1.54, 1.807) is 6.07 Å². The van der Waals surface area contributed by atoms with Crippen LogP contribution in [-0.4, -0.2) is 35.0 Å². The first-order chi connectivity index (χ1) is 11.0. The molecular weight excluding hydrogens is 360 g/mol. The van der Waals surface area contributed by atoms with Crippen molar-refractivity contribution in [3.8, 4) is 0 Å². The molecule has 0 bridgehead atoms. The minimum Gasteiger partial charge on any atom is -0.468 e. The molecule has 1 aromatic heterocycles. The number of rotatable bonds is 6. The number of hydrogen-bond donors (Lipinski definition) is 0. The standard InChI is InChI=1S/C17H19BrN2O3/c1-3-19-11-14(18)9-15(19)17(22)20(12-16(21)23-2)10-13-7-5-4-6-8-13/h4-9,11H,3,10,12H2,1-2H3. The maximum Gasteiger partial charge on any atom is 0.325 e. The van der Waals surface area contributed by atoms with Crippen LogP contribution in [0.3, 0.4) is 0 Å². The van der Waals surface area contributed by atoms with Crippen LogP contribution in [0.2, 0.25) is 0 Å². The van der Waals surface area contributed by atoms with Crippen molar-refractivity contribution in [3.05, 3.63) is 58.3 Å². The highest BCUT2D eigenvalue weighted by molar-refractivity contribution is 9.10. The van der Waals surface area contributed by atoms with Gasteiger partial charge in [0.1, 0.15) is 12.2 Å². The highest BCUT2D eigenvalue weighted by atomic mass is 79.9. The third-order valence-corrected chi connectivity index (χ3v) is 3.91. The molecule has 0 unspecified atom stereocenters. The molecule has 0 aliphatic carbocycles. The Hall–Kier alpha value is -2.08. The van der Waals surface area contributed by atoms with Gasteiger partial charge in [-0.15, -0.1) is 0 Å². The number of amides is 1. The summed E-state index contributed by atoms with van der Waals surface area (Å²) in [6, 6.07) is 11.3. The number of aromatic nitrogens is 1. The molecule has 1 amide bonds. The number of halogens is 1. The zero-order valence-electron chi connectivity index (χ0n) is 13.2. The number of carbonyl (C=O) groups excluding carboxylic acids is 2. The van der Waals surface area contributed by atoms with Gasteiger partial charge >= 0.3 is 5.97 Å².